The summed E-state index contributed by atoms with van der Waals surface area (Å²) in [5, 5.41) is 0. The van der Waals surface area contributed by atoms with Crippen LogP contribution >= 0.6 is 15.9 Å². The summed E-state index contributed by atoms with van der Waals surface area (Å²) in [7, 11) is 0. The predicted molar refractivity (Wildman–Crippen MR) is 120 cm³/mol. The number of rotatable bonds is 2. The Bertz CT molecular complexity index is 1010. The summed E-state index contributed by atoms with van der Waals surface area (Å²) in [6.07, 6.45) is 8.40. The molecule has 0 spiro atoms. The summed E-state index contributed by atoms with van der Waals surface area (Å²) in [5.41, 5.74) is 6.89. The Morgan fingerprint density at radius 1 is 0.815 bits per heavy atom. The van der Waals surface area contributed by atoms with Crippen LogP contribution in [0.25, 0.3) is 16.7 Å². The third-order valence-electron chi connectivity index (χ3n) is 4.71. The van der Waals surface area contributed by atoms with E-state index in [0.717, 1.165) is 22.2 Å². The summed E-state index contributed by atoms with van der Waals surface area (Å²) in [6.45, 7) is 5.13. The number of hydrogen-bond donors (Lipinski definition) is 0. The van der Waals surface area contributed by atoms with Crippen molar-refractivity contribution in [2.24, 2.45) is 0 Å². The summed E-state index contributed by atoms with van der Waals surface area (Å²) in [4.78, 5) is 2.33. The van der Waals surface area contributed by atoms with Gasteiger partial charge in [0.25, 0.3) is 0 Å². The van der Waals surface area contributed by atoms with Gasteiger partial charge < -0.3 is 4.90 Å². The molecular weight excluding hydrogens is 394 g/mol. The third-order valence-corrected chi connectivity index (χ3v) is 5.24. The molecule has 0 aliphatic carbocycles. The van der Waals surface area contributed by atoms with Crippen molar-refractivity contribution < 1.29 is 0 Å². The Balaban J connectivity index is 1.85. The zero-order chi connectivity index (χ0) is 18.6. The highest BCUT2D eigenvalue weighted by molar-refractivity contribution is 9.10. The van der Waals surface area contributed by atoms with Gasteiger partial charge in [-0.25, -0.2) is 0 Å². The zero-order valence-electron chi connectivity index (χ0n) is 15.0. The molecule has 0 saturated heterocycles. The minimum Gasteiger partial charge on any atom is -0.337 e. The number of hydrogen-bond acceptors (Lipinski definition) is 1. The van der Waals surface area contributed by atoms with E-state index in [9.17, 15) is 0 Å². The van der Waals surface area contributed by atoms with Crippen LogP contribution in [-0.4, -0.2) is 6.54 Å². The molecule has 0 aromatic heterocycles. The van der Waals surface area contributed by atoms with Crippen molar-refractivity contribution >= 4 is 32.9 Å². The van der Waals surface area contributed by atoms with Crippen LogP contribution in [0, 0.1) is 0 Å². The molecule has 0 saturated carbocycles. The van der Waals surface area contributed by atoms with Crippen LogP contribution in [0.15, 0.2) is 108 Å². The molecule has 1 nitrogen and oxygen atoms in total. The molecule has 0 atom stereocenters. The topological polar surface area (TPSA) is 3.24 Å². The van der Waals surface area contributed by atoms with Crippen molar-refractivity contribution in [2.45, 2.75) is 0 Å². The molecule has 3 aromatic carbocycles. The van der Waals surface area contributed by atoms with E-state index in [1.807, 2.05) is 6.07 Å². The lowest BCUT2D eigenvalue weighted by Crippen LogP contribution is -2.18. The molecule has 4 rings (SSSR count). The SMILES string of the molecule is C=C1/C=C\C=C/CN(c2ccccc2)c2ccc(-c3ccc(Br)cc3)cc21. The summed E-state index contributed by atoms with van der Waals surface area (Å²) >= 11 is 3.51. The quantitative estimate of drug-likeness (QED) is 0.423. The van der Waals surface area contributed by atoms with Gasteiger partial charge in [-0.3, -0.25) is 0 Å². The van der Waals surface area contributed by atoms with Crippen molar-refractivity contribution in [1.82, 2.24) is 0 Å². The van der Waals surface area contributed by atoms with E-state index in [0.29, 0.717) is 0 Å². The van der Waals surface area contributed by atoms with Crippen LogP contribution < -0.4 is 4.90 Å². The van der Waals surface area contributed by atoms with Gasteiger partial charge in [0, 0.05) is 28.0 Å². The maximum atomic E-state index is 4.32. The molecule has 0 amide bonds. The summed E-state index contributed by atoms with van der Waals surface area (Å²) in [5.74, 6) is 0. The van der Waals surface area contributed by atoms with Crippen molar-refractivity contribution in [3.8, 4) is 11.1 Å². The Morgan fingerprint density at radius 2 is 1.56 bits per heavy atom. The van der Waals surface area contributed by atoms with E-state index in [2.05, 4.69) is 118 Å². The smallest absolute Gasteiger partial charge is 0.0493 e. The number of anilines is 2. The van der Waals surface area contributed by atoms with Gasteiger partial charge in [-0.05, 0) is 53.1 Å². The van der Waals surface area contributed by atoms with Crippen LogP contribution in [-0.2, 0) is 0 Å². The van der Waals surface area contributed by atoms with E-state index in [4.69, 9.17) is 0 Å². The lowest BCUT2D eigenvalue weighted by molar-refractivity contribution is 1.09. The fourth-order valence-electron chi connectivity index (χ4n) is 3.31. The Labute approximate surface area is 169 Å². The van der Waals surface area contributed by atoms with Crippen LogP contribution in [0.5, 0.6) is 0 Å². The van der Waals surface area contributed by atoms with Gasteiger partial charge in [0.2, 0.25) is 0 Å². The van der Waals surface area contributed by atoms with Gasteiger partial charge in [-0.2, -0.15) is 0 Å². The molecule has 0 fully saturated rings. The summed E-state index contributed by atoms with van der Waals surface area (Å²) in [6, 6.07) is 25.6. The van der Waals surface area contributed by atoms with Crippen molar-refractivity contribution in [3.63, 3.8) is 0 Å². The third kappa shape index (κ3) is 3.81. The maximum Gasteiger partial charge on any atom is 0.0493 e. The molecular formula is C25H20BrN. The molecule has 1 heterocycles. The van der Waals surface area contributed by atoms with Crippen LogP contribution in [0.3, 0.4) is 0 Å². The van der Waals surface area contributed by atoms with Gasteiger partial charge >= 0.3 is 0 Å². The van der Waals surface area contributed by atoms with Gasteiger partial charge in [-0.1, -0.05) is 83.2 Å². The van der Waals surface area contributed by atoms with Gasteiger partial charge in [0.1, 0.15) is 0 Å². The van der Waals surface area contributed by atoms with Crippen molar-refractivity contribution in [3.05, 3.63) is 114 Å². The second-order valence-corrected chi connectivity index (χ2v) is 7.41. The first-order valence-electron chi connectivity index (χ1n) is 8.97. The fraction of sp³-hybridized carbons (Fsp3) is 0.0400. The molecule has 27 heavy (non-hydrogen) atoms. The second-order valence-electron chi connectivity index (χ2n) is 6.50. The first-order valence-corrected chi connectivity index (χ1v) is 9.77. The standard InChI is InChI=1S/C25H20BrN/c1-19-8-4-3-7-17-27(23-9-5-2-6-10-23)25-16-13-21(18-24(19)25)20-11-14-22(26)15-12-20/h2-16,18H,1,17H2/b7-3-,8-4-. The molecule has 0 radical (unpaired) electrons. The number of halogens is 1. The Morgan fingerprint density at radius 3 is 2.33 bits per heavy atom. The van der Waals surface area contributed by atoms with E-state index in [1.165, 1.54) is 22.5 Å². The lowest BCUT2D eigenvalue weighted by Gasteiger charge is -2.26. The number of para-hydroxylation sites is 1. The molecule has 0 N–H and O–H groups in total. The van der Waals surface area contributed by atoms with E-state index in [-0.39, 0.29) is 0 Å². The average molecular weight is 414 g/mol. The number of allylic oxidation sites excluding steroid dienone is 4. The molecule has 1 aliphatic rings. The molecule has 0 bridgehead atoms. The maximum absolute atomic E-state index is 4.32. The number of benzene rings is 3. The monoisotopic (exact) mass is 413 g/mol. The molecule has 2 heteroatoms. The normalized spacial score (nSPS) is 16.0. The number of fused-ring (bicyclic) bond motifs is 1. The zero-order valence-corrected chi connectivity index (χ0v) is 16.6. The highest BCUT2D eigenvalue weighted by atomic mass is 79.9. The predicted octanol–water partition coefficient (Wildman–Crippen LogP) is 7.39. The van der Waals surface area contributed by atoms with E-state index < -0.39 is 0 Å². The minimum absolute atomic E-state index is 0.812. The molecule has 3 aromatic rings. The van der Waals surface area contributed by atoms with Crippen molar-refractivity contribution in [2.75, 3.05) is 11.4 Å². The van der Waals surface area contributed by atoms with Gasteiger partial charge in [-0.15, -0.1) is 0 Å². The van der Waals surface area contributed by atoms with Crippen LogP contribution in [0.2, 0.25) is 0 Å². The Hall–Kier alpha value is -2.84. The Kier molecular flexibility index (Phi) is 5.08. The van der Waals surface area contributed by atoms with E-state index >= 15 is 0 Å². The number of nitrogens with zero attached hydrogens (tertiary/aromatic N) is 1. The van der Waals surface area contributed by atoms with Crippen molar-refractivity contribution in [1.29, 1.82) is 0 Å². The van der Waals surface area contributed by atoms with Gasteiger partial charge in [0.15, 0.2) is 0 Å². The lowest BCUT2D eigenvalue weighted by atomic mass is 9.97. The van der Waals surface area contributed by atoms with E-state index in [1.54, 1.807) is 0 Å². The fourth-order valence-corrected chi connectivity index (χ4v) is 3.57. The highest BCUT2D eigenvalue weighted by Crippen LogP contribution is 2.36. The van der Waals surface area contributed by atoms with Crippen LogP contribution in [0.4, 0.5) is 11.4 Å². The van der Waals surface area contributed by atoms with Gasteiger partial charge in [0.05, 0.1) is 0 Å². The molecule has 1 aliphatic heterocycles. The second kappa shape index (κ2) is 7.81. The highest BCUT2D eigenvalue weighted by Gasteiger charge is 2.15. The first-order chi connectivity index (χ1) is 13.2. The molecule has 0 unspecified atom stereocenters. The minimum atomic E-state index is 0.812. The van der Waals surface area contributed by atoms with Crippen LogP contribution in [0.1, 0.15) is 5.56 Å². The first kappa shape index (κ1) is 17.6. The largest absolute Gasteiger partial charge is 0.337 e. The molecule has 132 valence electrons. The average Bonchev–Trinajstić information content (AvgIpc) is 2.78. The summed E-state index contributed by atoms with van der Waals surface area (Å²) < 4.78 is 1.09.